The maximum Gasteiger partial charge on any atom is 0.358 e. The normalized spacial score (nSPS) is 12.2. The lowest BCUT2D eigenvalue weighted by Gasteiger charge is -2.11. The minimum Gasteiger partial charge on any atom is -0.485 e. The summed E-state index contributed by atoms with van der Waals surface area (Å²) in [6.07, 6.45) is 6.22. The van der Waals surface area contributed by atoms with E-state index in [2.05, 4.69) is 9.97 Å². The van der Waals surface area contributed by atoms with Gasteiger partial charge < -0.3 is 15.2 Å². The number of esters is 1. The van der Waals surface area contributed by atoms with Crippen LogP contribution < -0.4 is 10.5 Å². The van der Waals surface area contributed by atoms with E-state index in [0.717, 1.165) is 12.8 Å². The molecule has 0 saturated heterocycles. The summed E-state index contributed by atoms with van der Waals surface area (Å²) in [7, 11) is 0. The number of hydrogen-bond acceptors (Lipinski definition) is 6. The van der Waals surface area contributed by atoms with Gasteiger partial charge in [-0.3, -0.25) is 4.98 Å². The van der Waals surface area contributed by atoms with Crippen molar-refractivity contribution >= 4 is 11.7 Å². The van der Waals surface area contributed by atoms with Gasteiger partial charge in [0.05, 0.1) is 30.4 Å². The van der Waals surface area contributed by atoms with Crippen molar-refractivity contribution in [1.82, 2.24) is 9.97 Å². The van der Waals surface area contributed by atoms with Gasteiger partial charge in [-0.15, -0.1) is 0 Å². The van der Waals surface area contributed by atoms with Crippen LogP contribution in [0.15, 0.2) is 24.5 Å². The highest BCUT2D eigenvalue weighted by Gasteiger charge is 2.14. The largest absolute Gasteiger partial charge is 0.485 e. The minimum atomic E-state index is -0.477. The Kier molecular flexibility index (Phi) is 5.73. The van der Waals surface area contributed by atoms with Gasteiger partial charge in [0, 0.05) is 0 Å². The Bertz CT molecular complexity index is 714. The summed E-state index contributed by atoms with van der Waals surface area (Å²) in [5, 5.41) is 0. The monoisotopic (exact) mass is 329 g/mol. The second-order valence-electron chi connectivity index (χ2n) is 5.41. The number of aryl methyl sites for hydroxylation is 2. The summed E-state index contributed by atoms with van der Waals surface area (Å²) >= 11 is 0. The van der Waals surface area contributed by atoms with Crippen LogP contribution in [0, 0.1) is 0 Å². The van der Waals surface area contributed by atoms with Gasteiger partial charge in [0.15, 0.2) is 5.69 Å². The zero-order valence-electron chi connectivity index (χ0n) is 13.0. The summed E-state index contributed by atoms with van der Waals surface area (Å²) < 4.78 is 10.6. The lowest BCUT2D eigenvalue weighted by atomic mass is 10.1. The van der Waals surface area contributed by atoms with Gasteiger partial charge in [-0.2, -0.15) is 0 Å². The van der Waals surface area contributed by atoms with Crippen molar-refractivity contribution in [2.45, 2.75) is 40.2 Å². The van der Waals surface area contributed by atoms with Crippen LogP contribution >= 0.6 is 0 Å². The highest BCUT2D eigenvalue weighted by molar-refractivity contribution is 5.86. The summed E-state index contributed by atoms with van der Waals surface area (Å²) in [6.45, 7) is 2.30. The Morgan fingerprint density at radius 1 is 1.21 bits per heavy atom. The zero-order chi connectivity index (χ0) is 16.2. The summed E-state index contributed by atoms with van der Waals surface area (Å²) in [5.74, 6) is 0.192. The summed E-state index contributed by atoms with van der Waals surface area (Å²) in [5.41, 5.74) is 10.1. The molecule has 0 atom stereocenters. The third kappa shape index (κ3) is 3.82. The van der Waals surface area contributed by atoms with Gasteiger partial charge in [0.2, 0.25) is 0 Å². The molecule has 1 aromatic carbocycles. The maximum absolute atomic E-state index is 11.5. The number of ether oxygens (including phenoxy) is 2. The number of anilines is 1. The SMILES string of the molecule is C.CCOC(=O)c1cnc(COc2cc3c(cc2N)CCC3)cn1. The van der Waals surface area contributed by atoms with E-state index in [-0.39, 0.29) is 19.7 Å². The molecule has 0 spiro atoms. The number of hydrogen-bond donors (Lipinski definition) is 1. The number of aromatic nitrogens is 2. The van der Waals surface area contributed by atoms with Crippen molar-refractivity contribution in [3.05, 3.63) is 47.0 Å². The number of nitrogen functional groups attached to an aromatic ring is 1. The first kappa shape index (κ1) is 17.7. The second-order valence-corrected chi connectivity index (χ2v) is 5.41. The lowest BCUT2D eigenvalue weighted by molar-refractivity contribution is 0.0518. The third-order valence-corrected chi connectivity index (χ3v) is 3.79. The molecule has 0 amide bonds. The van der Waals surface area contributed by atoms with E-state index < -0.39 is 5.97 Å². The lowest BCUT2D eigenvalue weighted by Crippen LogP contribution is -2.09. The number of carbonyl (C=O) groups is 1. The van der Waals surface area contributed by atoms with E-state index in [1.165, 1.54) is 29.9 Å². The first-order valence-corrected chi connectivity index (χ1v) is 7.69. The van der Waals surface area contributed by atoms with Crippen LogP contribution in [0.25, 0.3) is 0 Å². The molecule has 1 aliphatic rings. The molecule has 6 nitrogen and oxygen atoms in total. The molecule has 3 rings (SSSR count). The zero-order valence-corrected chi connectivity index (χ0v) is 13.0. The van der Waals surface area contributed by atoms with Crippen LogP contribution in [0.4, 0.5) is 5.69 Å². The number of nitrogens with two attached hydrogens (primary N) is 1. The first-order chi connectivity index (χ1) is 11.2. The van der Waals surface area contributed by atoms with Gasteiger partial charge in [-0.05, 0) is 49.4 Å². The van der Waals surface area contributed by atoms with Gasteiger partial charge in [0.1, 0.15) is 12.4 Å². The Morgan fingerprint density at radius 3 is 2.62 bits per heavy atom. The molecule has 0 radical (unpaired) electrons. The van der Waals surface area contributed by atoms with E-state index in [0.29, 0.717) is 23.7 Å². The van der Waals surface area contributed by atoms with Crippen LogP contribution in [0.1, 0.15) is 48.1 Å². The van der Waals surface area contributed by atoms with Crippen molar-refractivity contribution in [2.75, 3.05) is 12.3 Å². The molecule has 1 aliphatic carbocycles. The molecule has 0 aliphatic heterocycles. The van der Waals surface area contributed by atoms with E-state index in [9.17, 15) is 4.79 Å². The third-order valence-electron chi connectivity index (χ3n) is 3.79. The average molecular weight is 329 g/mol. The van der Waals surface area contributed by atoms with Crippen molar-refractivity contribution in [3.63, 3.8) is 0 Å². The molecule has 0 bridgehead atoms. The molecular formula is C18H23N3O3. The predicted octanol–water partition coefficient (Wildman–Crippen LogP) is 2.94. The smallest absolute Gasteiger partial charge is 0.358 e. The molecule has 1 heterocycles. The topological polar surface area (TPSA) is 87.3 Å². The number of rotatable bonds is 5. The summed E-state index contributed by atoms with van der Waals surface area (Å²) in [4.78, 5) is 19.7. The number of nitrogens with zero attached hydrogens (tertiary/aromatic N) is 2. The number of benzene rings is 1. The van der Waals surface area contributed by atoms with Gasteiger partial charge in [0.25, 0.3) is 0 Å². The van der Waals surface area contributed by atoms with Crippen molar-refractivity contribution in [3.8, 4) is 5.75 Å². The fourth-order valence-electron chi connectivity index (χ4n) is 2.64. The molecular weight excluding hydrogens is 306 g/mol. The van der Waals surface area contributed by atoms with Gasteiger partial charge >= 0.3 is 5.97 Å². The summed E-state index contributed by atoms with van der Waals surface area (Å²) in [6, 6.07) is 4.01. The molecule has 0 fully saturated rings. The van der Waals surface area contributed by atoms with Crippen molar-refractivity contribution < 1.29 is 14.3 Å². The Hall–Kier alpha value is -2.63. The van der Waals surface area contributed by atoms with Crippen molar-refractivity contribution in [1.29, 1.82) is 0 Å². The molecule has 128 valence electrons. The number of carbonyl (C=O) groups excluding carboxylic acids is 1. The fraction of sp³-hybridized carbons (Fsp3) is 0.389. The van der Waals surface area contributed by atoms with E-state index in [1.807, 2.05) is 12.1 Å². The van der Waals surface area contributed by atoms with E-state index in [4.69, 9.17) is 15.2 Å². The van der Waals surface area contributed by atoms with Crippen LogP contribution in [0.2, 0.25) is 0 Å². The molecule has 24 heavy (non-hydrogen) atoms. The van der Waals surface area contributed by atoms with Crippen LogP contribution in [0.3, 0.4) is 0 Å². The standard InChI is InChI=1S/C17H19N3O3.CH4/c1-2-22-17(21)15-9-19-13(8-20-15)10-23-16-7-12-5-3-4-11(12)6-14(16)18;/h6-9H,2-5,10,18H2,1H3;1H4. The highest BCUT2D eigenvalue weighted by Crippen LogP contribution is 2.31. The van der Waals surface area contributed by atoms with E-state index in [1.54, 1.807) is 6.92 Å². The van der Waals surface area contributed by atoms with Crippen LogP contribution in [0.5, 0.6) is 5.75 Å². The fourth-order valence-corrected chi connectivity index (χ4v) is 2.64. The van der Waals surface area contributed by atoms with Crippen molar-refractivity contribution in [2.24, 2.45) is 0 Å². The molecule has 0 saturated carbocycles. The van der Waals surface area contributed by atoms with Crippen LogP contribution in [-0.2, 0) is 24.2 Å². The van der Waals surface area contributed by atoms with Gasteiger partial charge in [-0.25, -0.2) is 9.78 Å². The molecule has 2 aromatic rings. The first-order valence-electron chi connectivity index (χ1n) is 7.69. The average Bonchev–Trinajstić information content (AvgIpc) is 3.00. The maximum atomic E-state index is 11.5. The quantitative estimate of drug-likeness (QED) is 0.670. The molecule has 2 N–H and O–H groups in total. The van der Waals surface area contributed by atoms with Crippen LogP contribution in [-0.4, -0.2) is 22.5 Å². The Morgan fingerprint density at radius 2 is 1.96 bits per heavy atom. The predicted molar refractivity (Wildman–Crippen MR) is 91.9 cm³/mol. The molecule has 1 aromatic heterocycles. The molecule has 0 unspecified atom stereocenters. The van der Waals surface area contributed by atoms with Gasteiger partial charge in [-0.1, -0.05) is 7.43 Å². The Labute approximate surface area is 142 Å². The number of fused-ring (bicyclic) bond motifs is 1. The highest BCUT2D eigenvalue weighted by atomic mass is 16.5. The Balaban J connectivity index is 0.00000208. The minimum absolute atomic E-state index is 0. The molecule has 6 heteroatoms. The second kappa shape index (κ2) is 7.77. The van der Waals surface area contributed by atoms with E-state index >= 15 is 0 Å².